The summed E-state index contributed by atoms with van der Waals surface area (Å²) in [5.74, 6) is 0. The Morgan fingerprint density at radius 3 is 1.89 bits per heavy atom. The van der Waals surface area contributed by atoms with Gasteiger partial charge in [0.15, 0.2) is 0 Å². The van der Waals surface area contributed by atoms with Gasteiger partial charge in [-0.15, -0.1) is 0 Å². The Labute approximate surface area is 55.1 Å². The van der Waals surface area contributed by atoms with Crippen LogP contribution in [0.3, 0.4) is 0 Å². The summed E-state index contributed by atoms with van der Waals surface area (Å²) in [7, 11) is -2.67. The van der Waals surface area contributed by atoms with Crippen molar-refractivity contribution < 1.29 is 33.9 Å². The first-order valence-electron chi connectivity index (χ1n) is 2.23. The maximum atomic E-state index is 10.7. The molecular weight excluding hydrogens is 184 g/mol. The van der Waals surface area contributed by atoms with Gasteiger partial charge in [0.2, 0.25) is 0 Å². The molecule has 0 radical (unpaired) electrons. The molecule has 0 unspecified atom stereocenters. The second-order valence-electron chi connectivity index (χ2n) is 1.43. The van der Waals surface area contributed by atoms with Crippen LogP contribution in [0.2, 0.25) is 0 Å². The van der Waals surface area contributed by atoms with E-state index in [9.17, 15) is 11.7 Å². The van der Waals surface area contributed by atoms with Crippen LogP contribution in [0.25, 0.3) is 0 Å². The summed E-state index contributed by atoms with van der Waals surface area (Å²) in [5.41, 5.74) is 0. The van der Waals surface area contributed by atoms with E-state index < -0.39 is 23.3 Å². The van der Waals surface area contributed by atoms with Crippen LogP contribution in [-0.2, 0) is 33.2 Å². The molecule has 0 bridgehead atoms. The normalized spacial score (nSPS) is 20.4. The van der Waals surface area contributed by atoms with E-state index >= 15 is 0 Å². The molecule has 7 heteroatoms. The average molecular weight is 188 g/mol. The third-order valence-electron chi connectivity index (χ3n) is 0.845. The van der Waals surface area contributed by atoms with Crippen molar-refractivity contribution in [2.24, 2.45) is 0 Å². The summed E-state index contributed by atoms with van der Waals surface area (Å²) in [6.07, 6.45) is 0. The molecule has 1 heterocycles. The zero-order valence-electron chi connectivity index (χ0n) is 4.36. The van der Waals surface area contributed by atoms with Crippen LogP contribution in [0.5, 0.6) is 0 Å². The van der Waals surface area contributed by atoms with Gasteiger partial charge in [0, 0.05) is 0 Å². The van der Waals surface area contributed by atoms with Gasteiger partial charge in [0.05, 0.1) is 0 Å². The summed E-state index contributed by atoms with van der Waals surface area (Å²) >= 11 is -4.47. The Bertz CT molecular complexity index is 286. The van der Waals surface area contributed by atoms with E-state index in [1.54, 1.807) is 0 Å². The topological polar surface area (TPSA) is 69.7 Å². The fourth-order valence-corrected chi connectivity index (χ4v) is 3.42. The maximum absolute atomic E-state index is 10.7. The second-order valence-corrected chi connectivity index (χ2v) is 7.99. The summed E-state index contributed by atoms with van der Waals surface area (Å²) in [4.78, 5) is 0. The Morgan fingerprint density at radius 1 is 1.22 bits per heavy atom. The van der Waals surface area contributed by atoms with Crippen LogP contribution in [0, 0.1) is 0 Å². The molecule has 1 rings (SSSR count). The van der Waals surface area contributed by atoms with Gasteiger partial charge in [-0.05, 0) is 0 Å². The molecule has 1 fully saturated rings. The van der Waals surface area contributed by atoms with Crippen molar-refractivity contribution >= 4 is 7.78 Å². The molecule has 1 aliphatic rings. The zero-order chi connectivity index (χ0) is 6.91. The minimum absolute atomic E-state index is 0.123. The first-order chi connectivity index (χ1) is 4.15. The Balaban J connectivity index is 3.33. The van der Waals surface area contributed by atoms with Gasteiger partial charge < -0.3 is 0 Å². The van der Waals surface area contributed by atoms with E-state index in [0.717, 1.165) is 0 Å². The first-order valence-corrected chi connectivity index (χ1v) is 7.13. The third-order valence-corrected chi connectivity index (χ3v) is 5.88. The molecule has 1 aliphatic heterocycles. The standard InChI is InChI=1S/C2H4O2.O2S.O.Ti/c3-1-2-4;1-3-2;;/h1-2H2;;;/q-2;;;+2. The molecule has 0 atom stereocenters. The molecule has 0 amide bonds. The molecule has 0 aromatic rings. The van der Waals surface area contributed by atoms with Gasteiger partial charge in [0.1, 0.15) is 0 Å². The molecule has 0 aromatic carbocycles. The molecule has 52 valence electrons. The quantitative estimate of drug-likeness (QED) is 0.463. The van der Waals surface area contributed by atoms with Gasteiger partial charge in [-0.1, -0.05) is 0 Å². The monoisotopic (exact) mass is 188 g/mol. The van der Waals surface area contributed by atoms with Crippen molar-refractivity contribution in [3.8, 4) is 0 Å². The molecule has 0 aliphatic carbocycles. The van der Waals surface area contributed by atoms with Crippen molar-refractivity contribution in [3.63, 3.8) is 0 Å². The van der Waals surface area contributed by atoms with Crippen molar-refractivity contribution in [2.45, 2.75) is 0 Å². The van der Waals surface area contributed by atoms with E-state index in [1.807, 2.05) is 0 Å². The van der Waals surface area contributed by atoms with Crippen LogP contribution in [0.1, 0.15) is 0 Å². The van der Waals surface area contributed by atoms with Crippen molar-refractivity contribution in [2.75, 3.05) is 13.2 Å². The predicted octanol–water partition coefficient (Wildman–Crippen LogP) is -0.843. The van der Waals surface area contributed by atoms with Crippen LogP contribution in [0.15, 0.2) is 0 Å². The van der Waals surface area contributed by atoms with Crippen molar-refractivity contribution in [1.29, 1.82) is 0 Å². The fraction of sp³-hybridized carbons (Fsp3) is 1.00. The number of hydrogen-bond acceptors (Lipinski definition) is 5. The van der Waals surface area contributed by atoms with Crippen molar-refractivity contribution in [3.05, 3.63) is 0 Å². The summed E-state index contributed by atoms with van der Waals surface area (Å²) in [6.45, 7) is 0.245. The minimum atomic E-state index is -4.47. The molecule has 9 heavy (non-hydrogen) atoms. The van der Waals surface area contributed by atoms with E-state index in [0.29, 0.717) is 0 Å². The SMILES string of the molecule is O=[S](=O)=[Ti]1(=[O])[O]CC[O]1. The van der Waals surface area contributed by atoms with Gasteiger partial charge in [-0.3, -0.25) is 0 Å². The number of rotatable bonds is 0. The summed E-state index contributed by atoms with van der Waals surface area (Å²) in [5, 5.41) is 0. The van der Waals surface area contributed by atoms with Crippen LogP contribution in [-0.4, -0.2) is 21.6 Å². The van der Waals surface area contributed by atoms with Crippen LogP contribution < -0.4 is 0 Å². The predicted molar refractivity (Wildman–Crippen MR) is 21.5 cm³/mol. The van der Waals surface area contributed by atoms with Gasteiger partial charge in [-0.2, -0.15) is 0 Å². The van der Waals surface area contributed by atoms with E-state index in [-0.39, 0.29) is 13.2 Å². The molecule has 0 N–H and O–H groups in total. The van der Waals surface area contributed by atoms with Crippen LogP contribution >= 0.6 is 0 Å². The van der Waals surface area contributed by atoms with Gasteiger partial charge >= 0.3 is 54.9 Å². The van der Waals surface area contributed by atoms with E-state index in [1.165, 1.54) is 0 Å². The van der Waals surface area contributed by atoms with Crippen LogP contribution in [0.4, 0.5) is 0 Å². The van der Waals surface area contributed by atoms with E-state index in [2.05, 4.69) is 6.64 Å². The summed E-state index contributed by atoms with van der Waals surface area (Å²) < 4.78 is 39.6. The Hall–Kier alpha value is 0.254. The Morgan fingerprint density at radius 2 is 1.67 bits per heavy atom. The van der Waals surface area contributed by atoms with Crippen molar-refractivity contribution in [1.82, 2.24) is 0 Å². The van der Waals surface area contributed by atoms with Gasteiger partial charge in [-0.25, -0.2) is 0 Å². The molecule has 0 aromatic heterocycles. The fourth-order valence-electron chi connectivity index (χ4n) is 0.471. The molecule has 5 nitrogen and oxygen atoms in total. The second kappa shape index (κ2) is 2.47. The Kier molecular flexibility index (Phi) is 2.02. The average Bonchev–Trinajstić information content (AvgIpc) is 2.16. The zero-order valence-corrected chi connectivity index (χ0v) is 6.74. The van der Waals surface area contributed by atoms with E-state index in [4.69, 9.17) is 0 Å². The first kappa shape index (κ1) is 7.36. The summed E-state index contributed by atoms with van der Waals surface area (Å²) in [6, 6.07) is 0. The molecule has 0 saturated carbocycles. The third kappa shape index (κ3) is 1.39. The van der Waals surface area contributed by atoms with Gasteiger partial charge in [0.25, 0.3) is 0 Å². The number of hydrogen-bond donors (Lipinski definition) is 0. The molecule has 1 saturated heterocycles. The molecule has 0 spiro atoms. The molecular formula is C2H4O5STi.